The number of halogens is 1. The number of rotatable bonds is 2. The minimum atomic E-state index is -0.175. The molecule has 15 heavy (non-hydrogen) atoms. The van der Waals surface area contributed by atoms with Gasteiger partial charge in [-0.25, -0.2) is 4.39 Å². The Morgan fingerprint density at radius 1 is 1.47 bits per heavy atom. The van der Waals surface area contributed by atoms with E-state index in [1.807, 2.05) is 23.9 Å². The summed E-state index contributed by atoms with van der Waals surface area (Å²) in [7, 11) is 1.86. The normalized spacial score (nSPS) is 13.3. The summed E-state index contributed by atoms with van der Waals surface area (Å²) in [5.41, 5.74) is 7.42. The molecular weight excluding hydrogens is 191 g/mol. The van der Waals surface area contributed by atoms with Crippen LogP contribution in [-0.2, 0) is 7.05 Å². The van der Waals surface area contributed by atoms with Crippen molar-refractivity contribution in [2.45, 2.75) is 12.8 Å². The first-order chi connectivity index (χ1) is 7.15. The summed E-state index contributed by atoms with van der Waals surface area (Å²) in [5, 5.41) is 0.968. The Hall–Kier alpha value is -1.35. The molecule has 1 heterocycles. The number of benzene rings is 1. The predicted octanol–water partition coefficient (Wildman–Crippen LogP) is 2.38. The van der Waals surface area contributed by atoms with Crippen LogP contribution in [0.25, 0.3) is 10.9 Å². The molecule has 2 aromatic rings. The maximum Gasteiger partial charge on any atom is 0.147 e. The molecule has 1 aromatic heterocycles. The molecule has 2 N–H and O–H groups in total. The summed E-state index contributed by atoms with van der Waals surface area (Å²) in [5.74, 6) is 0.0842. The fraction of sp³-hybridized carbons (Fsp3) is 0.333. The number of fused-ring (bicyclic) bond motifs is 1. The van der Waals surface area contributed by atoms with Crippen molar-refractivity contribution in [1.29, 1.82) is 0 Å². The van der Waals surface area contributed by atoms with Gasteiger partial charge < -0.3 is 10.3 Å². The summed E-state index contributed by atoms with van der Waals surface area (Å²) in [4.78, 5) is 0. The molecule has 3 heteroatoms. The quantitative estimate of drug-likeness (QED) is 0.803. The van der Waals surface area contributed by atoms with E-state index in [2.05, 4.69) is 6.92 Å². The topological polar surface area (TPSA) is 30.9 Å². The lowest BCUT2D eigenvalue weighted by Gasteiger charge is -2.05. The van der Waals surface area contributed by atoms with Gasteiger partial charge in [0, 0.05) is 18.6 Å². The van der Waals surface area contributed by atoms with Gasteiger partial charge in [-0.15, -0.1) is 0 Å². The summed E-state index contributed by atoms with van der Waals surface area (Å²) in [6.07, 6.45) is 1.96. The number of aromatic nitrogens is 1. The zero-order valence-electron chi connectivity index (χ0n) is 9.00. The molecule has 0 amide bonds. The van der Waals surface area contributed by atoms with E-state index in [0.29, 0.717) is 12.1 Å². The lowest BCUT2D eigenvalue weighted by atomic mass is 10.0. The van der Waals surface area contributed by atoms with E-state index in [-0.39, 0.29) is 11.7 Å². The number of hydrogen-bond acceptors (Lipinski definition) is 1. The Morgan fingerprint density at radius 2 is 2.20 bits per heavy atom. The van der Waals surface area contributed by atoms with Crippen molar-refractivity contribution in [3.05, 3.63) is 35.8 Å². The van der Waals surface area contributed by atoms with Crippen molar-refractivity contribution in [1.82, 2.24) is 4.57 Å². The molecular formula is C12H15FN2. The molecule has 0 saturated carbocycles. The third-order valence-corrected chi connectivity index (χ3v) is 2.87. The van der Waals surface area contributed by atoms with Gasteiger partial charge in [-0.2, -0.15) is 0 Å². The van der Waals surface area contributed by atoms with Crippen molar-refractivity contribution in [3.8, 4) is 0 Å². The van der Waals surface area contributed by atoms with Gasteiger partial charge in [0.1, 0.15) is 5.82 Å². The maximum absolute atomic E-state index is 13.6. The molecule has 0 spiro atoms. The summed E-state index contributed by atoms with van der Waals surface area (Å²) in [6.45, 7) is 2.63. The van der Waals surface area contributed by atoms with Crippen LogP contribution in [0.15, 0.2) is 24.4 Å². The van der Waals surface area contributed by atoms with Crippen LogP contribution in [0.1, 0.15) is 18.4 Å². The van der Waals surface area contributed by atoms with E-state index in [9.17, 15) is 4.39 Å². The Bertz CT molecular complexity index is 488. The van der Waals surface area contributed by atoms with Crippen LogP contribution in [-0.4, -0.2) is 11.1 Å². The highest BCUT2D eigenvalue weighted by Crippen LogP contribution is 2.28. The van der Waals surface area contributed by atoms with E-state index < -0.39 is 0 Å². The van der Waals surface area contributed by atoms with Crippen LogP contribution < -0.4 is 5.73 Å². The van der Waals surface area contributed by atoms with Crippen LogP contribution in [0.2, 0.25) is 0 Å². The molecule has 1 atom stereocenters. The van der Waals surface area contributed by atoms with E-state index in [0.717, 1.165) is 10.9 Å². The second-order valence-corrected chi connectivity index (χ2v) is 3.97. The SMILES string of the molecule is CC(CN)c1cn(C)c2c(F)cccc12. The summed E-state index contributed by atoms with van der Waals surface area (Å²) in [6, 6.07) is 5.17. The van der Waals surface area contributed by atoms with Crippen LogP contribution in [0.5, 0.6) is 0 Å². The van der Waals surface area contributed by atoms with Crippen molar-refractivity contribution < 1.29 is 4.39 Å². The second-order valence-electron chi connectivity index (χ2n) is 3.97. The van der Waals surface area contributed by atoms with Gasteiger partial charge >= 0.3 is 0 Å². The van der Waals surface area contributed by atoms with Gasteiger partial charge in [0.15, 0.2) is 0 Å². The molecule has 1 aromatic carbocycles. The first-order valence-corrected chi connectivity index (χ1v) is 5.08. The molecule has 0 aliphatic carbocycles. The lowest BCUT2D eigenvalue weighted by Crippen LogP contribution is -2.08. The Balaban J connectivity index is 2.73. The molecule has 0 radical (unpaired) electrons. The average molecular weight is 206 g/mol. The third-order valence-electron chi connectivity index (χ3n) is 2.87. The largest absolute Gasteiger partial charge is 0.348 e. The summed E-state index contributed by atoms with van der Waals surface area (Å²) >= 11 is 0. The van der Waals surface area contributed by atoms with Crippen molar-refractivity contribution in [3.63, 3.8) is 0 Å². The second kappa shape index (κ2) is 3.66. The van der Waals surface area contributed by atoms with Gasteiger partial charge in [0.05, 0.1) is 5.52 Å². The number of para-hydroxylation sites is 1. The fourth-order valence-corrected chi connectivity index (χ4v) is 1.97. The molecule has 0 aliphatic heterocycles. The Kier molecular flexibility index (Phi) is 2.49. The molecule has 80 valence electrons. The smallest absolute Gasteiger partial charge is 0.147 e. The van der Waals surface area contributed by atoms with Crippen LogP contribution >= 0.6 is 0 Å². The van der Waals surface area contributed by atoms with Gasteiger partial charge in [-0.05, 0) is 24.1 Å². The number of nitrogens with two attached hydrogens (primary N) is 1. The highest BCUT2D eigenvalue weighted by molar-refractivity contribution is 5.85. The first kappa shape index (κ1) is 10.2. The number of nitrogens with zero attached hydrogens (tertiary/aromatic N) is 1. The van der Waals surface area contributed by atoms with Gasteiger partial charge in [0.2, 0.25) is 0 Å². The first-order valence-electron chi connectivity index (χ1n) is 5.08. The standard InChI is InChI=1S/C12H15FN2/c1-8(6-14)10-7-15(2)12-9(10)4-3-5-11(12)13/h3-5,7-8H,6,14H2,1-2H3. The van der Waals surface area contributed by atoms with E-state index in [4.69, 9.17) is 5.73 Å². The maximum atomic E-state index is 13.6. The van der Waals surface area contributed by atoms with Crippen LogP contribution in [0.4, 0.5) is 4.39 Å². The highest BCUT2D eigenvalue weighted by Gasteiger charge is 2.13. The molecule has 2 rings (SSSR count). The molecule has 0 aliphatic rings. The minimum Gasteiger partial charge on any atom is -0.348 e. The van der Waals surface area contributed by atoms with E-state index in [1.54, 1.807) is 6.07 Å². The average Bonchev–Trinajstić information content (AvgIpc) is 2.56. The molecule has 0 fully saturated rings. The predicted molar refractivity (Wildman–Crippen MR) is 60.3 cm³/mol. The minimum absolute atomic E-state index is 0.175. The van der Waals surface area contributed by atoms with Crippen LogP contribution in [0.3, 0.4) is 0 Å². The Labute approximate surface area is 88.5 Å². The molecule has 0 saturated heterocycles. The zero-order chi connectivity index (χ0) is 11.0. The molecule has 1 unspecified atom stereocenters. The van der Waals surface area contributed by atoms with Gasteiger partial charge in [-0.3, -0.25) is 0 Å². The van der Waals surface area contributed by atoms with Crippen molar-refractivity contribution in [2.75, 3.05) is 6.54 Å². The van der Waals surface area contributed by atoms with E-state index >= 15 is 0 Å². The fourth-order valence-electron chi connectivity index (χ4n) is 1.97. The molecule has 2 nitrogen and oxygen atoms in total. The third kappa shape index (κ3) is 1.53. The van der Waals surface area contributed by atoms with Crippen molar-refractivity contribution >= 4 is 10.9 Å². The zero-order valence-corrected chi connectivity index (χ0v) is 9.00. The van der Waals surface area contributed by atoms with E-state index in [1.165, 1.54) is 6.07 Å². The highest BCUT2D eigenvalue weighted by atomic mass is 19.1. The monoisotopic (exact) mass is 206 g/mol. The number of hydrogen-bond donors (Lipinski definition) is 1. The summed E-state index contributed by atoms with van der Waals surface area (Å²) < 4.78 is 15.4. The van der Waals surface area contributed by atoms with Crippen LogP contribution in [0, 0.1) is 5.82 Å². The number of aryl methyl sites for hydroxylation is 1. The lowest BCUT2D eigenvalue weighted by molar-refractivity contribution is 0.632. The Morgan fingerprint density at radius 3 is 2.87 bits per heavy atom. The molecule has 0 bridgehead atoms. The van der Waals surface area contributed by atoms with Crippen molar-refractivity contribution in [2.24, 2.45) is 12.8 Å². The van der Waals surface area contributed by atoms with Gasteiger partial charge in [-0.1, -0.05) is 19.1 Å². The van der Waals surface area contributed by atoms with Gasteiger partial charge in [0.25, 0.3) is 0 Å².